The number of benzene rings is 1. The topological polar surface area (TPSA) is 42.1 Å². The minimum absolute atomic E-state index is 0.532. The zero-order valence-corrected chi connectivity index (χ0v) is 8.13. The molecular weight excluding hydrogens is 178 g/mol. The average Bonchev–Trinajstić information content (AvgIpc) is 2.57. The highest BCUT2D eigenvalue weighted by atomic mass is 16.5. The van der Waals surface area contributed by atoms with Gasteiger partial charge in [0.15, 0.2) is 6.29 Å². The molecule has 0 atom stereocenters. The Morgan fingerprint density at radius 3 is 2.86 bits per heavy atom. The largest absolute Gasteiger partial charge is 0.482 e. The van der Waals surface area contributed by atoms with Gasteiger partial charge in [-0.25, -0.2) is 0 Å². The Morgan fingerprint density at radius 1 is 1.43 bits per heavy atom. The molecule has 0 spiro atoms. The van der Waals surface area contributed by atoms with E-state index in [4.69, 9.17) is 4.74 Å². The van der Waals surface area contributed by atoms with E-state index in [9.17, 15) is 4.79 Å². The van der Waals surface area contributed by atoms with Crippen LogP contribution in [0.1, 0.15) is 15.9 Å². The number of aromatic amines is 1. The van der Waals surface area contributed by atoms with Crippen molar-refractivity contribution in [2.45, 2.75) is 6.92 Å². The van der Waals surface area contributed by atoms with Crippen molar-refractivity contribution in [3.63, 3.8) is 0 Å². The third-order valence-electron chi connectivity index (χ3n) is 2.37. The van der Waals surface area contributed by atoms with Crippen LogP contribution in [0.2, 0.25) is 0 Å². The predicted molar refractivity (Wildman–Crippen MR) is 55.0 cm³/mol. The number of H-pyrrole nitrogens is 1. The highest BCUT2D eigenvalue weighted by molar-refractivity contribution is 6.01. The molecule has 0 aliphatic rings. The minimum Gasteiger partial charge on any atom is -0.482 e. The monoisotopic (exact) mass is 189 g/mol. The van der Waals surface area contributed by atoms with Crippen LogP contribution in [0, 0.1) is 6.92 Å². The summed E-state index contributed by atoms with van der Waals surface area (Å²) in [6.07, 6.45) is 0.817. The molecule has 2 aromatic rings. The van der Waals surface area contributed by atoms with Crippen LogP contribution in [0.5, 0.6) is 5.88 Å². The molecule has 1 aromatic heterocycles. The zero-order valence-electron chi connectivity index (χ0n) is 8.13. The Labute approximate surface area is 81.7 Å². The number of para-hydroxylation sites is 1. The molecule has 0 bridgehead atoms. The lowest BCUT2D eigenvalue weighted by atomic mass is 10.1. The van der Waals surface area contributed by atoms with Gasteiger partial charge in [-0.1, -0.05) is 18.2 Å². The zero-order chi connectivity index (χ0) is 10.1. The molecule has 0 aliphatic carbocycles. The lowest BCUT2D eigenvalue weighted by molar-refractivity contribution is 0.112. The third-order valence-corrected chi connectivity index (χ3v) is 2.37. The highest BCUT2D eigenvalue weighted by Crippen LogP contribution is 2.27. The van der Waals surface area contributed by atoms with E-state index in [1.807, 2.05) is 25.1 Å². The van der Waals surface area contributed by atoms with E-state index < -0.39 is 0 Å². The van der Waals surface area contributed by atoms with E-state index in [-0.39, 0.29) is 0 Å². The maximum atomic E-state index is 10.9. The summed E-state index contributed by atoms with van der Waals surface area (Å²) in [4.78, 5) is 14.0. The van der Waals surface area contributed by atoms with Crippen LogP contribution < -0.4 is 4.74 Å². The first-order valence-corrected chi connectivity index (χ1v) is 4.38. The maximum absolute atomic E-state index is 10.9. The molecule has 72 valence electrons. The first kappa shape index (κ1) is 8.81. The van der Waals surface area contributed by atoms with Crippen molar-refractivity contribution in [2.75, 3.05) is 7.11 Å². The van der Waals surface area contributed by atoms with Gasteiger partial charge in [-0.2, -0.15) is 0 Å². The van der Waals surface area contributed by atoms with Crippen LogP contribution in [0.15, 0.2) is 18.2 Å². The SMILES string of the molecule is COc1[nH]c2c(C)cccc2c1C=O. The number of hydrogen-bond acceptors (Lipinski definition) is 2. The molecule has 3 nitrogen and oxygen atoms in total. The van der Waals surface area contributed by atoms with E-state index in [2.05, 4.69) is 4.98 Å². The summed E-state index contributed by atoms with van der Waals surface area (Å²) in [7, 11) is 1.55. The van der Waals surface area contributed by atoms with Crippen molar-refractivity contribution in [2.24, 2.45) is 0 Å². The predicted octanol–water partition coefficient (Wildman–Crippen LogP) is 2.30. The number of carbonyl (C=O) groups is 1. The van der Waals surface area contributed by atoms with Crippen molar-refractivity contribution in [3.8, 4) is 5.88 Å². The van der Waals surface area contributed by atoms with Crippen LogP contribution in [-0.4, -0.2) is 18.4 Å². The van der Waals surface area contributed by atoms with Gasteiger partial charge in [0.1, 0.15) is 0 Å². The summed E-state index contributed by atoms with van der Waals surface area (Å²) in [6, 6.07) is 5.83. The Balaban J connectivity index is 2.86. The molecule has 0 saturated carbocycles. The van der Waals surface area contributed by atoms with Crippen LogP contribution in [0.4, 0.5) is 0 Å². The van der Waals surface area contributed by atoms with Crippen molar-refractivity contribution in [3.05, 3.63) is 29.3 Å². The maximum Gasteiger partial charge on any atom is 0.202 e. The number of ether oxygens (including phenoxy) is 1. The molecule has 14 heavy (non-hydrogen) atoms. The molecule has 0 aliphatic heterocycles. The lowest BCUT2D eigenvalue weighted by Crippen LogP contribution is -1.86. The average molecular weight is 189 g/mol. The summed E-state index contributed by atoms with van der Waals surface area (Å²) in [5.41, 5.74) is 2.66. The fraction of sp³-hybridized carbons (Fsp3) is 0.182. The van der Waals surface area contributed by atoms with E-state index >= 15 is 0 Å². The summed E-state index contributed by atoms with van der Waals surface area (Å²) in [5, 5.41) is 0.914. The van der Waals surface area contributed by atoms with Gasteiger partial charge in [-0.3, -0.25) is 4.79 Å². The summed E-state index contributed by atoms with van der Waals surface area (Å²) in [5.74, 6) is 0.532. The van der Waals surface area contributed by atoms with Gasteiger partial charge in [-0.15, -0.1) is 0 Å². The standard InChI is InChI=1S/C11H11NO2/c1-7-4-3-5-8-9(6-13)11(14-2)12-10(7)8/h3-6,12H,1-2H3. The Kier molecular flexibility index (Phi) is 2.00. The van der Waals surface area contributed by atoms with E-state index in [0.29, 0.717) is 11.4 Å². The molecule has 3 heteroatoms. The van der Waals surface area contributed by atoms with Crippen LogP contribution in [0.3, 0.4) is 0 Å². The Hall–Kier alpha value is -1.77. The van der Waals surface area contributed by atoms with Gasteiger partial charge in [0.2, 0.25) is 5.88 Å². The summed E-state index contributed by atoms with van der Waals surface area (Å²) in [6.45, 7) is 1.99. The number of carbonyl (C=O) groups excluding carboxylic acids is 1. The smallest absolute Gasteiger partial charge is 0.202 e. The molecule has 2 rings (SSSR count). The normalized spacial score (nSPS) is 10.4. The van der Waals surface area contributed by atoms with Crippen molar-refractivity contribution < 1.29 is 9.53 Å². The second-order valence-electron chi connectivity index (χ2n) is 3.19. The molecule has 0 unspecified atom stereocenters. The molecule has 0 radical (unpaired) electrons. The van der Waals surface area contributed by atoms with Gasteiger partial charge in [-0.05, 0) is 12.5 Å². The van der Waals surface area contributed by atoms with Crippen molar-refractivity contribution in [1.29, 1.82) is 0 Å². The fourth-order valence-corrected chi connectivity index (χ4v) is 1.64. The number of nitrogens with one attached hydrogen (secondary N) is 1. The Morgan fingerprint density at radius 2 is 2.21 bits per heavy atom. The molecule has 1 heterocycles. The molecule has 1 N–H and O–H groups in total. The van der Waals surface area contributed by atoms with Gasteiger partial charge in [0.05, 0.1) is 18.2 Å². The molecule has 0 amide bonds. The van der Waals surface area contributed by atoms with Crippen molar-refractivity contribution >= 4 is 17.2 Å². The van der Waals surface area contributed by atoms with Gasteiger partial charge < -0.3 is 9.72 Å². The Bertz CT molecular complexity index is 485. The van der Waals surface area contributed by atoms with Crippen LogP contribution in [-0.2, 0) is 0 Å². The van der Waals surface area contributed by atoms with E-state index in [0.717, 1.165) is 22.8 Å². The molecule has 0 saturated heterocycles. The fourth-order valence-electron chi connectivity index (χ4n) is 1.64. The second kappa shape index (κ2) is 3.18. The molecular formula is C11H11NO2. The van der Waals surface area contributed by atoms with Gasteiger partial charge in [0, 0.05) is 5.39 Å². The van der Waals surface area contributed by atoms with Gasteiger partial charge >= 0.3 is 0 Å². The summed E-state index contributed by atoms with van der Waals surface area (Å²) < 4.78 is 5.09. The number of methoxy groups -OCH3 is 1. The van der Waals surface area contributed by atoms with Crippen LogP contribution in [0.25, 0.3) is 10.9 Å². The van der Waals surface area contributed by atoms with E-state index in [1.54, 1.807) is 7.11 Å². The van der Waals surface area contributed by atoms with E-state index in [1.165, 1.54) is 0 Å². The highest BCUT2D eigenvalue weighted by Gasteiger charge is 2.11. The van der Waals surface area contributed by atoms with Gasteiger partial charge in [0.25, 0.3) is 0 Å². The van der Waals surface area contributed by atoms with Crippen LogP contribution >= 0.6 is 0 Å². The molecule has 0 fully saturated rings. The first-order chi connectivity index (χ1) is 6.77. The number of rotatable bonds is 2. The number of aryl methyl sites for hydroxylation is 1. The first-order valence-electron chi connectivity index (χ1n) is 4.38. The quantitative estimate of drug-likeness (QED) is 0.736. The number of fused-ring (bicyclic) bond motifs is 1. The second-order valence-corrected chi connectivity index (χ2v) is 3.19. The number of aldehydes is 1. The minimum atomic E-state index is 0.532. The summed E-state index contributed by atoms with van der Waals surface area (Å²) >= 11 is 0. The third kappa shape index (κ3) is 1.09. The molecule has 1 aromatic carbocycles. The number of aromatic nitrogens is 1. The lowest BCUT2D eigenvalue weighted by Gasteiger charge is -1.93. The number of hydrogen-bond donors (Lipinski definition) is 1. The van der Waals surface area contributed by atoms with Crippen molar-refractivity contribution in [1.82, 2.24) is 4.98 Å².